The Bertz CT molecular complexity index is 225. The number of hydrogen-bond donors (Lipinski definition) is 1. The number of halogens is 3. The molecule has 0 rings (SSSR count). The lowest BCUT2D eigenvalue weighted by molar-refractivity contribution is -0.135. The Hall–Kier alpha value is -0.690. The Morgan fingerprint density at radius 1 is 1.33 bits per heavy atom. The largest absolute Gasteiger partial charge is 0.389 e. The molecule has 0 saturated heterocycles. The summed E-state index contributed by atoms with van der Waals surface area (Å²) in [4.78, 5) is 0. The molecule has 4 heteroatoms. The highest BCUT2D eigenvalue weighted by Crippen LogP contribution is 2.22. The molecule has 1 atom stereocenters. The van der Waals surface area contributed by atoms with E-state index in [1.165, 1.54) is 0 Å². The average Bonchev–Trinajstić information content (AvgIpc) is 2.00. The topological polar surface area (TPSA) is 12.0 Å². The third-order valence-electron chi connectivity index (χ3n) is 2.07. The Morgan fingerprint density at radius 2 is 1.87 bits per heavy atom. The van der Waals surface area contributed by atoms with Gasteiger partial charge in [-0.15, -0.1) is 6.42 Å². The normalized spacial score (nSPS) is 14.7. The molecule has 0 radical (unpaired) electrons. The highest BCUT2D eigenvalue weighted by Gasteiger charge is 2.26. The zero-order valence-electron chi connectivity index (χ0n) is 9.41. The first-order valence-electron chi connectivity index (χ1n) is 4.98. The van der Waals surface area contributed by atoms with Gasteiger partial charge in [-0.25, -0.2) is 0 Å². The molecule has 0 aromatic heterocycles. The van der Waals surface area contributed by atoms with Crippen LogP contribution in [0.5, 0.6) is 0 Å². The van der Waals surface area contributed by atoms with Gasteiger partial charge in [0.15, 0.2) is 0 Å². The number of rotatable bonds is 5. The molecule has 0 aromatic rings. The third kappa shape index (κ3) is 8.31. The Labute approximate surface area is 89.4 Å². The standard InChI is InChI=1S/C11H18F3N/c1-5-10(3,4)15-9(2)7-6-8-11(12,13)14/h1,9,15H,6-8H2,2-4H3. The van der Waals surface area contributed by atoms with Gasteiger partial charge in [0.2, 0.25) is 0 Å². The van der Waals surface area contributed by atoms with Crippen molar-refractivity contribution in [3.63, 3.8) is 0 Å². The fourth-order valence-electron chi connectivity index (χ4n) is 1.34. The smallest absolute Gasteiger partial charge is 0.299 e. The molecule has 88 valence electrons. The first-order chi connectivity index (χ1) is 6.66. The summed E-state index contributed by atoms with van der Waals surface area (Å²) in [6, 6.07) is -0.00148. The van der Waals surface area contributed by atoms with Crippen LogP contribution in [0.25, 0.3) is 0 Å². The highest BCUT2D eigenvalue weighted by atomic mass is 19.4. The SMILES string of the molecule is C#CC(C)(C)NC(C)CCCC(F)(F)F. The van der Waals surface area contributed by atoms with E-state index in [0.29, 0.717) is 6.42 Å². The van der Waals surface area contributed by atoms with Gasteiger partial charge in [-0.05, 0) is 33.6 Å². The lowest BCUT2D eigenvalue weighted by Gasteiger charge is -2.25. The molecule has 0 aliphatic carbocycles. The van der Waals surface area contributed by atoms with E-state index in [4.69, 9.17) is 6.42 Å². The molecule has 0 heterocycles. The van der Waals surface area contributed by atoms with Crippen molar-refractivity contribution in [2.75, 3.05) is 0 Å². The van der Waals surface area contributed by atoms with Crippen molar-refractivity contribution in [3.05, 3.63) is 0 Å². The second kappa shape index (κ2) is 5.41. The van der Waals surface area contributed by atoms with Gasteiger partial charge in [-0.1, -0.05) is 5.92 Å². The fourth-order valence-corrected chi connectivity index (χ4v) is 1.34. The van der Waals surface area contributed by atoms with Crippen molar-refractivity contribution < 1.29 is 13.2 Å². The molecule has 15 heavy (non-hydrogen) atoms. The van der Waals surface area contributed by atoms with Crippen LogP contribution in [-0.4, -0.2) is 17.8 Å². The van der Waals surface area contributed by atoms with E-state index in [1.807, 2.05) is 20.8 Å². The van der Waals surface area contributed by atoms with Crippen LogP contribution >= 0.6 is 0 Å². The summed E-state index contributed by atoms with van der Waals surface area (Å²) >= 11 is 0. The minimum absolute atomic E-state index is 0.00148. The summed E-state index contributed by atoms with van der Waals surface area (Å²) in [5.41, 5.74) is -0.461. The van der Waals surface area contributed by atoms with Gasteiger partial charge in [-0.2, -0.15) is 13.2 Å². The van der Waals surface area contributed by atoms with Gasteiger partial charge in [0.25, 0.3) is 0 Å². The Kier molecular flexibility index (Phi) is 5.16. The van der Waals surface area contributed by atoms with Crippen LogP contribution in [0.15, 0.2) is 0 Å². The molecule has 0 aliphatic heterocycles. The summed E-state index contributed by atoms with van der Waals surface area (Å²) in [5, 5.41) is 3.09. The van der Waals surface area contributed by atoms with Crippen LogP contribution in [0.2, 0.25) is 0 Å². The quantitative estimate of drug-likeness (QED) is 0.703. The number of nitrogens with one attached hydrogen (secondary N) is 1. The van der Waals surface area contributed by atoms with Crippen LogP contribution in [-0.2, 0) is 0 Å². The van der Waals surface area contributed by atoms with Crippen LogP contribution in [0.4, 0.5) is 13.2 Å². The van der Waals surface area contributed by atoms with E-state index >= 15 is 0 Å². The monoisotopic (exact) mass is 221 g/mol. The van der Waals surface area contributed by atoms with E-state index in [2.05, 4.69) is 11.2 Å². The molecule has 0 aliphatic rings. The zero-order chi connectivity index (χ0) is 12.1. The molecule has 0 fully saturated rings. The van der Waals surface area contributed by atoms with Crippen molar-refractivity contribution in [3.8, 4) is 12.3 Å². The second-order valence-corrected chi connectivity index (χ2v) is 4.32. The maximum Gasteiger partial charge on any atom is 0.389 e. The fraction of sp³-hybridized carbons (Fsp3) is 0.818. The third-order valence-corrected chi connectivity index (χ3v) is 2.07. The highest BCUT2D eigenvalue weighted by molar-refractivity contribution is 5.07. The van der Waals surface area contributed by atoms with Gasteiger partial charge in [0.1, 0.15) is 0 Å². The Balaban J connectivity index is 3.78. The number of hydrogen-bond acceptors (Lipinski definition) is 1. The van der Waals surface area contributed by atoms with Gasteiger partial charge >= 0.3 is 6.18 Å². The van der Waals surface area contributed by atoms with Crippen LogP contribution in [0.3, 0.4) is 0 Å². The molecule has 0 aromatic carbocycles. The van der Waals surface area contributed by atoms with E-state index in [0.717, 1.165) is 0 Å². The zero-order valence-corrected chi connectivity index (χ0v) is 9.41. The molecule has 0 spiro atoms. The average molecular weight is 221 g/mol. The summed E-state index contributed by atoms with van der Waals surface area (Å²) in [5.74, 6) is 2.55. The number of alkyl halides is 3. The first kappa shape index (κ1) is 14.3. The molecule has 1 nitrogen and oxygen atoms in total. The maximum atomic E-state index is 11.9. The van der Waals surface area contributed by atoms with E-state index in [-0.39, 0.29) is 12.5 Å². The van der Waals surface area contributed by atoms with Crippen LogP contribution in [0.1, 0.15) is 40.0 Å². The summed E-state index contributed by atoms with van der Waals surface area (Å²) in [6.45, 7) is 5.50. The summed E-state index contributed by atoms with van der Waals surface area (Å²) in [7, 11) is 0. The van der Waals surface area contributed by atoms with E-state index in [1.54, 1.807) is 0 Å². The van der Waals surface area contributed by atoms with Crippen molar-refractivity contribution in [2.24, 2.45) is 0 Å². The van der Waals surface area contributed by atoms with Crippen LogP contribution in [0, 0.1) is 12.3 Å². The lowest BCUT2D eigenvalue weighted by Crippen LogP contribution is -2.43. The molecule has 1 unspecified atom stereocenters. The molecule has 0 amide bonds. The molecule has 0 saturated carbocycles. The molecule has 0 bridgehead atoms. The molecule has 1 N–H and O–H groups in total. The van der Waals surface area contributed by atoms with Gasteiger partial charge in [-0.3, -0.25) is 5.32 Å². The van der Waals surface area contributed by atoms with Crippen molar-refractivity contribution in [1.82, 2.24) is 5.32 Å². The van der Waals surface area contributed by atoms with Crippen molar-refractivity contribution >= 4 is 0 Å². The number of terminal acetylenes is 1. The van der Waals surface area contributed by atoms with Crippen LogP contribution < -0.4 is 5.32 Å². The summed E-state index contributed by atoms with van der Waals surface area (Å²) < 4.78 is 35.6. The van der Waals surface area contributed by atoms with Gasteiger partial charge < -0.3 is 0 Å². The molecular weight excluding hydrogens is 203 g/mol. The van der Waals surface area contributed by atoms with Gasteiger partial charge in [0.05, 0.1) is 5.54 Å². The minimum Gasteiger partial charge on any atom is -0.299 e. The summed E-state index contributed by atoms with van der Waals surface area (Å²) in [6.07, 6.45) is 1.09. The predicted octanol–water partition coefficient (Wildman–Crippen LogP) is 3.11. The Morgan fingerprint density at radius 3 is 2.27 bits per heavy atom. The van der Waals surface area contributed by atoms with Gasteiger partial charge in [0, 0.05) is 12.5 Å². The van der Waals surface area contributed by atoms with Crippen molar-refractivity contribution in [1.29, 1.82) is 0 Å². The lowest BCUT2D eigenvalue weighted by atomic mass is 10.0. The van der Waals surface area contributed by atoms with E-state index < -0.39 is 18.1 Å². The maximum absolute atomic E-state index is 11.9. The minimum atomic E-state index is -4.05. The first-order valence-corrected chi connectivity index (χ1v) is 4.98. The molecular formula is C11H18F3N. The van der Waals surface area contributed by atoms with Crippen molar-refractivity contribution in [2.45, 2.75) is 57.8 Å². The second-order valence-electron chi connectivity index (χ2n) is 4.32. The predicted molar refractivity (Wildman–Crippen MR) is 55.4 cm³/mol. The van der Waals surface area contributed by atoms with E-state index in [9.17, 15) is 13.2 Å².